The van der Waals surface area contributed by atoms with Crippen LogP contribution in [0.2, 0.25) is 10.0 Å². The summed E-state index contributed by atoms with van der Waals surface area (Å²) in [5.74, 6) is 0. The van der Waals surface area contributed by atoms with Gasteiger partial charge in [-0.15, -0.1) is 0 Å². The van der Waals surface area contributed by atoms with E-state index in [-0.39, 0.29) is 6.04 Å². The largest absolute Gasteiger partial charge is 0.356 e. The lowest BCUT2D eigenvalue weighted by Crippen LogP contribution is -2.19. The molecule has 1 unspecified atom stereocenters. The second-order valence-electron chi connectivity index (χ2n) is 4.25. The minimum absolute atomic E-state index is 0.289. The van der Waals surface area contributed by atoms with Crippen LogP contribution in [0.25, 0.3) is 10.9 Å². The highest BCUT2D eigenvalue weighted by atomic mass is 35.5. The molecule has 0 saturated heterocycles. The van der Waals surface area contributed by atoms with Gasteiger partial charge in [0, 0.05) is 22.1 Å². The molecule has 1 atom stereocenters. The van der Waals surface area contributed by atoms with E-state index in [0.717, 1.165) is 29.6 Å². The van der Waals surface area contributed by atoms with Crippen molar-refractivity contribution < 1.29 is 0 Å². The van der Waals surface area contributed by atoms with E-state index < -0.39 is 0 Å². The average molecular weight is 271 g/mol. The molecule has 0 aliphatic rings. The molecular weight excluding hydrogens is 255 g/mol. The van der Waals surface area contributed by atoms with Gasteiger partial charge in [0.1, 0.15) is 0 Å². The van der Waals surface area contributed by atoms with Gasteiger partial charge >= 0.3 is 0 Å². The Morgan fingerprint density at radius 2 is 2.06 bits per heavy atom. The summed E-state index contributed by atoms with van der Waals surface area (Å²) in [6.45, 7) is 5.29. The van der Waals surface area contributed by atoms with E-state index in [9.17, 15) is 0 Å². The molecule has 2 rings (SSSR count). The first-order chi connectivity index (χ1) is 8.11. The Labute approximate surface area is 111 Å². The third kappa shape index (κ3) is 2.76. The van der Waals surface area contributed by atoms with Crippen molar-refractivity contribution in [1.29, 1.82) is 0 Å². The first-order valence-electron chi connectivity index (χ1n) is 5.83. The fraction of sp³-hybridized carbons (Fsp3) is 0.385. The van der Waals surface area contributed by atoms with Crippen LogP contribution in [0.15, 0.2) is 18.2 Å². The summed E-state index contributed by atoms with van der Waals surface area (Å²) in [4.78, 5) is 3.35. The van der Waals surface area contributed by atoms with Crippen LogP contribution in [0.1, 0.15) is 32.0 Å². The molecule has 2 aromatic rings. The number of aromatic nitrogens is 1. The van der Waals surface area contributed by atoms with Gasteiger partial charge in [0.25, 0.3) is 0 Å². The maximum absolute atomic E-state index is 6.15. The lowest BCUT2D eigenvalue weighted by atomic mass is 10.2. The molecule has 2 N–H and O–H groups in total. The molecule has 4 heteroatoms. The topological polar surface area (TPSA) is 27.8 Å². The molecule has 0 amide bonds. The summed E-state index contributed by atoms with van der Waals surface area (Å²) in [5, 5.41) is 5.83. The smallest absolute Gasteiger partial charge is 0.0661 e. The Hall–Kier alpha value is -0.700. The average Bonchev–Trinajstić information content (AvgIpc) is 2.69. The SMILES string of the molecule is CCCNC(C)c1cc2cc(Cl)cc(Cl)c2[nH]1. The lowest BCUT2D eigenvalue weighted by Gasteiger charge is -2.10. The van der Waals surface area contributed by atoms with E-state index in [2.05, 4.69) is 30.2 Å². The van der Waals surface area contributed by atoms with Crippen LogP contribution in [0.5, 0.6) is 0 Å². The third-order valence-electron chi connectivity index (χ3n) is 2.83. The molecule has 0 aliphatic heterocycles. The molecule has 2 nitrogen and oxygen atoms in total. The molecule has 0 saturated carbocycles. The number of aromatic amines is 1. The van der Waals surface area contributed by atoms with Gasteiger partial charge in [0.05, 0.1) is 10.5 Å². The van der Waals surface area contributed by atoms with Crippen LogP contribution in [-0.4, -0.2) is 11.5 Å². The van der Waals surface area contributed by atoms with Crippen LogP contribution >= 0.6 is 23.2 Å². The number of halogens is 2. The first kappa shape index (κ1) is 12.7. The fourth-order valence-electron chi connectivity index (χ4n) is 1.89. The van der Waals surface area contributed by atoms with Crippen molar-refractivity contribution >= 4 is 34.1 Å². The number of fused-ring (bicyclic) bond motifs is 1. The second-order valence-corrected chi connectivity index (χ2v) is 5.10. The van der Waals surface area contributed by atoms with Gasteiger partial charge in [-0.2, -0.15) is 0 Å². The molecule has 92 valence electrons. The van der Waals surface area contributed by atoms with Crippen molar-refractivity contribution in [3.8, 4) is 0 Å². The van der Waals surface area contributed by atoms with Gasteiger partial charge in [-0.1, -0.05) is 30.1 Å². The minimum Gasteiger partial charge on any atom is -0.356 e. The van der Waals surface area contributed by atoms with Gasteiger partial charge < -0.3 is 10.3 Å². The van der Waals surface area contributed by atoms with Crippen LogP contribution in [0.3, 0.4) is 0 Å². The predicted molar refractivity (Wildman–Crippen MR) is 75.0 cm³/mol. The van der Waals surface area contributed by atoms with Gasteiger partial charge in [0.2, 0.25) is 0 Å². The summed E-state index contributed by atoms with van der Waals surface area (Å²) in [6, 6.07) is 6.07. The Bertz CT molecular complexity index is 519. The number of nitrogens with one attached hydrogen (secondary N) is 2. The molecular formula is C13H16Cl2N2. The van der Waals surface area contributed by atoms with Gasteiger partial charge in [-0.25, -0.2) is 0 Å². The fourth-order valence-corrected chi connectivity index (χ4v) is 2.45. The molecule has 0 fully saturated rings. The van der Waals surface area contributed by atoms with E-state index in [4.69, 9.17) is 23.2 Å². The van der Waals surface area contributed by atoms with Crippen molar-refractivity contribution in [2.75, 3.05) is 6.54 Å². The highest BCUT2D eigenvalue weighted by Gasteiger charge is 2.10. The van der Waals surface area contributed by atoms with Crippen LogP contribution in [-0.2, 0) is 0 Å². The quantitative estimate of drug-likeness (QED) is 0.839. The molecule has 0 bridgehead atoms. The Balaban J connectivity index is 2.34. The number of rotatable bonds is 4. The summed E-state index contributed by atoms with van der Waals surface area (Å²) < 4.78 is 0. The van der Waals surface area contributed by atoms with E-state index in [0.29, 0.717) is 10.0 Å². The number of benzene rings is 1. The van der Waals surface area contributed by atoms with Crippen molar-refractivity contribution in [2.45, 2.75) is 26.3 Å². The molecule has 0 radical (unpaired) electrons. The van der Waals surface area contributed by atoms with Gasteiger partial charge in [-0.3, -0.25) is 0 Å². The van der Waals surface area contributed by atoms with Crippen molar-refractivity contribution in [3.05, 3.63) is 33.9 Å². The summed E-state index contributed by atoms with van der Waals surface area (Å²) >= 11 is 12.1. The summed E-state index contributed by atoms with van der Waals surface area (Å²) in [7, 11) is 0. The van der Waals surface area contributed by atoms with E-state index in [1.54, 1.807) is 6.07 Å². The maximum atomic E-state index is 6.15. The number of H-pyrrole nitrogens is 1. The first-order valence-corrected chi connectivity index (χ1v) is 6.58. The maximum Gasteiger partial charge on any atom is 0.0661 e. The van der Waals surface area contributed by atoms with E-state index >= 15 is 0 Å². The Kier molecular flexibility index (Phi) is 3.97. The minimum atomic E-state index is 0.289. The molecule has 1 aromatic carbocycles. The van der Waals surface area contributed by atoms with Gasteiger partial charge in [-0.05, 0) is 38.1 Å². The Morgan fingerprint density at radius 1 is 1.29 bits per heavy atom. The van der Waals surface area contributed by atoms with E-state index in [1.165, 1.54) is 0 Å². The highest BCUT2D eigenvalue weighted by Crippen LogP contribution is 2.29. The van der Waals surface area contributed by atoms with E-state index in [1.807, 2.05) is 6.07 Å². The van der Waals surface area contributed by atoms with Crippen molar-refractivity contribution in [2.24, 2.45) is 0 Å². The molecule has 17 heavy (non-hydrogen) atoms. The monoisotopic (exact) mass is 270 g/mol. The van der Waals surface area contributed by atoms with Crippen molar-refractivity contribution in [3.63, 3.8) is 0 Å². The molecule has 0 aliphatic carbocycles. The second kappa shape index (κ2) is 5.30. The zero-order chi connectivity index (χ0) is 12.4. The zero-order valence-electron chi connectivity index (χ0n) is 9.98. The number of hydrogen-bond acceptors (Lipinski definition) is 1. The molecule has 1 aromatic heterocycles. The van der Waals surface area contributed by atoms with Crippen molar-refractivity contribution in [1.82, 2.24) is 10.3 Å². The number of hydrogen-bond donors (Lipinski definition) is 2. The standard InChI is InChI=1S/C13H16Cl2N2/c1-3-4-16-8(2)12-6-9-5-10(14)7-11(15)13(9)17-12/h5-8,16-17H,3-4H2,1-2H3. The molecule has 0 spiro atoms. The van der Waals surface area contributed by atoms with Crippen LogP contribution in [0, 0.1) is 0 Å². The predicted octanol–water partition coefficient (Wildman–Crippen LogP) is 4.54. The normalized spacial score (nSPS) is 13.2. The van der Waals surface area contributed by atoms with Crippen LogP contribution in [0.4, 0.5) is 0 Å². The lowest BCUT2D eigenvalue weighted by molar-refractivity contribution is 0.561. The molecule has 1 heterocycles. The summed E-state index contributed by atoms with van der Waals surface area (Å²) in [5.41, 5.74) is 2.09. The highest BCUT2D eigenvalue weighted by molar-refractivity contribution is 6.38. The third-order valence-corrected chi connectivity index (χ3v) is 3.35. The van der Waals surface area contributed by atoms with Gasteiger partial charge in [0.15, 0.2) is 0 Å². The summed E-state index contributed by atoms with van der Waals surface area (Å²) in [6.07, 6.45) is 1.12. The zero-order valence-corrected chi connectivity index (χ0v) is 11.5. The van der Waals surface area contributed by atoms with Crippen LogP contribution < -0.4 is 5.32 Å². The Morgan fingerprint density at radius 3 is 2.76 bits per heavy atom.